The van der Waals surface area contributed by atoms with Crippen LogP contribution in [0.15, 0.2) is 89.8 Å². The number of hydrogen-bond acceptors (Lipinski definition) is 5. The molecule has 0 spiro atoms. The van der Waals surface area contributed by atoms with Crippen molar-refractivity contribution < 1.29 is 22.7 Å². The van der Waals surface area contributed by atoms with Gasteiger partial charge in [-0.05, 0) is 115 Å². The molecule has 1 saturated carbocycles. The van der Waals surface area contributed by atoms with Gasteiger partial charge in [-0.25, -0.2) is 8.42 Å². The smallest absolute Gasteiger partial charge is 0.243 e. The van der Waals surface area contributed by atoms with E-state index in [-0.39, 0.29) is 29.6 Å². The number of carbonyl (C=O) groups is 1. The summed E-state index contributed by atoms with van der Waals surface area (Å²) in [4.78, 5) is 15.8. The SMILES string of the molecule is O=C([C@@H]1C[C@H](Oc2ccc(-c3ccc(Cl)cc3)cc2)CCN1S(=O)(=O)c1ccc2cc(OC3CCCC3)ccc2c1)N1CCCC1. The number of rotatable bonds is 8. The number of likely N-dealkylation sites (tertiary alicyclic amines) is 1. The van der Waals surface area contributed by atoms with E-state index in [0.29, 0.717) is 36.7 Å². The number of amides is 1. The number of nitrogens with zero attached hydrogens (tertiary/aromatic N) is 2. The fourth-order valence-corrected chi connectivity index (χ4v) is 8.78. The van der Waals surface area contributed by atoms with Crippen molar-refractivity contribution in [3.63, 3.8) is 0 Å². The van der Waals surface area contributed by atoms with Crippen LogP contribution < -0.4 is 9.47 Å². The lowest BCUT2D eigenvalue weighted by molar-refractivity contribution is -0.136. The molecule has 2 saturated heterocycles. The van der Waals surface area contributed by atoms with Gasteiger partial charge < -0.3 is 14.4 Å². The quantitative estimate of drug-likeness (QED) is 0.194. The van der Waals surface area contributed by atoms with Crippen LogP contribution in [0, 0.1) is 0 Å². The third-order valence-electron chi connectivity index (χ3n) is 9.54. The maximum Gasteiger partial charge on any atom is 0.243 e. The summed E-state index contributed by atoms with van der Waals surface area (Å²) in [5.41, 5.74) is 2.09. The summed E-state index contributed by atoms with van der Waals surface area (Å²) >= 11 is 6.04. The number of ether oxygens (including phenoxy) is 2. The van der Waals surface area contributed by atoms with E-state index in [1.807, 2.05) is 77.7 Å². The molecular formula is C37H39ClN2O5S. The Labute approximate surface area is 276 Å². The Morgan fingerprint density at radius 1 is 0.674 bits per heavy atom. The van der Waals surface area contributed by atoms with Gasteiger partial charge in [0.1, 0.15) is 23.6 Å². The van der Waals surface area contributed by atoms with Crippen LogP contribution in [-0.4, -0.2) is 61.4 Å². The molecule has 46 heavy (non-hydrogen) atoms. The molecule has 1 amide bonds. The van der Waals surface area contributed by atoms with E-state index in [9.17, 15) is 13.2 Å². The third-order valence-corrected chi connectivity index (χ3v) is 11.7. The summed E-state index contributed by atoms with van der Waals surface area (Å²) < 4.78 is 42.3. The molecule has 7 rings (SSSR count). The van der Waals surface area contributed by atoms with Gasteiger partial charge in [-0.2, -0.15) is 4.31 Å². The highest BCUT2D eigenvalue weighted by molar-refractivity contribution is 7.89. The zero-order chi connectivity index (χ0) is 31.7. The highest BCUT2D eigenvalue weighted by Crippen LogP contribution is 2.33. The van der Waals surface area contributed by atoms with Gasteiger partial charge in [-0.3, -0.25) is 4.79 Å². The van der Waals surface area contributed by atoms with E-state index < -0.39 is 16.1 Å². The predicted molar refractivity (Wildman–Crippen MR) is 181 cm³/mol. The molecule has 4 aromatic carbocycles. The summed E-state index contributed by atoms with van der Waals surface area (Å²) in [5.74, 6) is 1.37. The Balaban J connectivity index is 1.10. The highest BCUT2D eigenvalue weighted by Gasteiger charge is 2.43. The molecule has 1 aliphatic carbocycles. The minimum atomic E-state index is -3.95. The Bertz CT molecular complexity index is 1800. The van der Waals surface area contributed by atoms with E-state index in [4.69, 9.17) is 21.1 Å². The van der Waals surface area contributed by atoms with Crippen molar-refractivity contribution in [2.45, 2.75) is 74.5 Å². The highest BCUT2D eigenvalue weighted by atomic mass is 35.5. The van der Waals surface area contributed by atoms with Crippen LogP contribution in [0.3, 0.4) is 0 Å². The van der Waals surface area contributed by atoms with E-state index in [1.165, 1.54) is 17.1 Å². The molecule has 240 valence electrons. The Morgan fingerprint density at radius 3 is 2.00 bits per heavy atom. The van der Waals surface area contributed by atoms with Gasteiger partial charge in [0.25, 0.3) is 0 Å². The first-order valence-corrected chi connectivity index (χ1v) is 18.2. The number of sulfonamides is 1. The lowest BCUT2D eigenvalue weighted by atomic mass is 10.0. The van der Waals surface area contributed by atoms with Gasteiger partial charge in [0.15, 0.2) is 0 Å². The first kappa shape index (κ1) is 31.0. The van der Waals surface area contributed by atoms with Crippen LogP contribution in [0.2, 0.25) is 5.02 Å². The fraction of sp³-hybridized carbons (Fsp3) is 0.378. The second-order valence-electron chi connectivity index (χ2n) is 12.7. The maximum atomic E-state index is 14.2. The lowest BCUT2D eigenvalue weighted by Crippen LogP contribution is -2.55. The largest absolute Gasteiger partial charge is 0.490 e. The van der Waals surface area contributed by atoms with Crippen LogP contribution in [-0.2, 0) is 14.8 Å². The van der Waals surface area contributed by atoms with E-state index in [1.54, 1.807) is 12.1 Å². The number of carbonyl (C=O) groups excluding carboxylic acids is 1. The number of halogens is 1. The Hall–Kier alpha value is -3.59. The standard InChI is InChI=1S/C37H39ClN2O5S/c38-30-13-7-26(8-14-30)27-9-15-32(16-10-27)45-34-19-22-40(36(25-34)37(41)39-20-3-4-21-39)46(42,43)35-18-12-28-23-33(17-11-29(28)24-35)44-31-5-1-2-6-31/h7-18,23-24,31,34,36H,1-6,19-22,25H2/t34-,36+/m1/s1. The summed E-state index contributed by atoms with van der Waals surface area (Å²) in [7, 11) is -3.95. The van der Waals surface area contributed by atoms with E-state index in [2.05, 4.69) is 0 Å². The molecule has 7 nitrogen and oxygen atoms in total. The summed E-state index contributed by atoms with van der Waals surface area (Å²) in [6.45, 7) is 1.51. The molecule has 0 aromatic heterocycles. The van der Waals surface area contributed by atoms with Gasteiger partial charge in [0, 0.05) is 31.1 Å². The monoisotopic (exact) mass is 658 g/mol. The molecule has 4 aromatic rings. The van der Waals surface area contributed by atoms with Crippen LogP contribution in [0.25, 0.3) is 21.9 Å². The van der Waals surface area contributed by atoms with Gasteiger partial charge >= 0.3 is 0 Å². The van der Waals surface area contributed by atoms with Gasteiger partial charge in [-0.1, -0.05) is 48.0 Å². The minimum absolute atomic E-state index is 0.137. The Morgan fingerprint density at radius 2 is 1.28 bits per heavy atom. The molecule has 0 unspecified atom stereocenters. The van der Waals surface area contributed by atoms with Gasteiger partial charge in [-0.15, -0.1) is 0 Å². The van der Waals surface area contributed by atoms with Crippen molar-refractivity contribution in [1.29, 1.82) is 0 Å². The summed E-state index contributed by atoms with van der Waals surface area (Å²) in [6.07, 6.45) is 7.15. The zero-order valence-electron chi connectivity index (χ0n) is 25.8. The lowest BCUT2D eigenvalue weighted by Gasteiger charge is -2.39. The average Bonchev–Trinajstić information content (AvgIpc) is 3.80. The second-order valence-corrected chi connectivity index (χ2v) is 15.0. The van der Waals surface area contributed by atoms with Crippen LogP contribution >= 0.6 is 11.6 Å². The molecule has 2 aliphatic heterocycles. The molecule has 3 aliphatic rings. The summed E-state index contributed by atoms with van der Waals surface area (Å²) in [6, 6.07) is 25.7. The van der Waals surface area contributed by atoms with E-state index in [0.717, 1.165) is 53.3 Å². The van der Waals surface area contributed by atoms with Gasteiger partial charge in [0.05, 0.1) is 11.0 Å². The van der Waals surface area contributed by atoms with Crippen molar-refractivity contribution in [2.24, 2.45) is 0 Å². The van der Waals surface area contributed by atoms with Crippen molar-refractivity contribution >= 4 is 38.3 Å². The fourth-order valence-electron chi connectivity index (χ4n) is 7.01. The number of benzene rings is 4. The number of piperidine rings is 1. The summed E-state index contributed by atoms with van der Waals surface area (Å²) in [5, 5.41) is 2.44. The molecule has 3 fully saturated rings. The average molecular weight is 659 g/mol. The van der Waals surface area contributed by atoms with E-state index >= 15 is 0 Å². The molecule has 9 heteroatoms. The predicted octanol–water partition coefficient (Wildman–Crippen LogP) is 7.70. The van der Waals surface area contributed by atoms with Crippen LogP contribution in [0.5, 0.6) is 11.5 Å². The van der Waals surface area contributed by atoms with Gasteiger partial charge in [0.2, 0.25) is 15.9 Å². The van der Waals surface area contributed by atoms with Crippen LogP contribution in [0.4, 0.5) is 0 Å². The van der Waals surface area contributed by atoms with Crippen molar-refractivity contribution in [3.05, 3.63) is 90.0 Å². The first-order valence-electron chi connectivity index (χ1n) is 16.4. The Kier molecular flexibility index (Phi) is 8.95. The van der Waals surface area contributed by atoms with Crippen molar-refractivity contribution in [1.82, 2.24) is 9.21 Å². The van der Waals surface area contributed by atoms with Crippen molar-refractivity contribution in [3.8, 4) is 22.6 Å². The topological polar surface area (TPSA) is 76.1 Å². The molecule has 2 atom stereocenters. The molecule has 0 bridgehead atoms. The normalized spacial score (nSPS) is 21.1. The minimum Gasteiger partial charge on any atom is -0.490 e. The first-order chi connectivity index (χ1) is 22.3. The zero-order valence-corrected chi connectivity index (χ0v) is 27.4. The number of hydrogen-bond donors (Lipinski definition) is 0. The molecule has 0 radical (unpaired) electrons. The second kappa shape index (κ2) is 13.3. The molecule has 2 heterocycles. The maximum absolute atomic E-state index is 14.2. The van der Waals surface area contributed by atoms with Crippen LogP contribution in [0.1, 0.15) is 51.4 Å². The molecule has 0 N–H and O–H groups in total. The number of fused-ring (bicyclic) bond motifs is 1. The van der Waals surface area contributed by atoms with Crippen molar-refractivity contribution in [2.75, 3.05) is 19.6 Å². The third kappa shape index (κ3) is 6.61. The molecular weight excluding hydrogens is 620 g/mol.